The normalized spacial score (nSPS) is 25.1. The van der Waals surface area contributed by atoms with Crippen LogP contribution in [0.3, 0.4) is 0 Å². The zero-order valence-corrected chi connectivity index (χ0v) is 11.5. The van der Waals surface area contributed by atoms with Crippen molar-refractivity contribution >= 4 is 11.8 Å². The van der Waals surface area contributed by atoms with Crippen molar-refractivity contribution in [3.05, 3.63) is 5.82 Å². The maximum Gasteiger partial charge on any atom is 0.191 e. The van der Waals surface area contributed by atoms with Crippen LogP contribution in [0.2, 0.25) is 0 Å². The van der Waals surface area contributed by atoms with E-state index >= 15 is 0 Å². The molecular weight excluding hydrogens is 232 g/mol. The van der Waals surface area contributed by atoms with Crippen LogP contribution >= 0.6 is 11.8 Å². The molecule has 1 aromatic rings. The summed E-state index contributed by atoms with van der Waals surface area (Å²) >= 11 is 1.89. The predicted octanol–water partition coefficient (Wildman–Crippen LogP) is 2.22. The van der Waals surface area contributed by atoms with Crippen molar-refractivity contribution in [2.75, 3.05) is 6.54 Å². The van der Waals surface area contributed by atoms with Crippen molar-refractivity contribution in [2.45, 2.75) is 56.5 Å². The molecule has 96 valence electrons. The summed E-state index contributed by atoms with van der Waals surface area (Å²) in [5.41, 5.74) is 5.63. The summed E-state index contributed by atoms with van der Waals surface area (Å²) in [7, 11) is 0. The van der Waals surface area contributed by atoms with E-state index in [0.717, 1.165) is 23.4 Å². The van der Waals surface area contributed by atoms with E-state index in [1.165, 1.54) is 25.7 Å². The van der Waals surface area contributed by atoms with Crippen LogP contribution in [0.1, 0.15) is 38.4 Å². The highest BCUT2D eigenvalue weighted by Gasteiger charge is 2.22. The minimum atomic E-state index is 0.646. The SMILES string of the molecule is Cc1nnc(SC2CCCC(C)C2)n1CCN. The van der Waals surface area contributed by atoms with Gasteiger partial charge in [0.25, 0.3) is 0 Å². The summed E-state index contributed by atoms with van der Waals surface area (Å²) in [5.74, 6) is 1.83. The number of hydrogen-bond donors (Lipinski definition) is 1. The molecule has 0 aliphatic heterocycles. The molecule has 0 amide bonds. The van der Waals surface area contributed by atoms with Crippen LogP contribution in [0.4, 0.5) is 0 Å². The Kier molecular flexibility index (Phi) is 4.45. The van der Waals surface area contributed by atoms with E-state index in [1.807, 2.05) is 18.7 Å². The van der Waals surface area contributed by atoms with Gasteiger partial charge in [0.05, 0.1) is 0 Å². The quantitative estimate of drug-likeness (QED) is 0.895. The Labute approximate surface area is 107 Å². The number of hydrogen-bond acceptors (Lipinski definition) is 4. The largest absolute Gasteiger partial charge is 0.329 e. The van der Waals surface area contributed by atoms with Crippen molar-refractivity contribution in [3.8, 4) is 0 Å². The molecule has 2 unspecified atom stereocenters. The monoisotopic (exact) mass is 254 g/mol. The van der Waals surface area contributed by atoms with Crippen LogP contribution < -0.4 is 5.73 Å². The first-order chi connectivity index (χ1) is 8.20. The molecule has 2 N–H and O–H groups in total. The average molecular weight is 254 g/mol. The third kappa shape index (κ3) is 3.22. The fourth-order valence-electron chi connectivity index (χ4n) is 2.47. The van der Waals surface area contributed by atoms with Crippen molar-refractivity contribution in [1.82, 2.24) is 14.8 Å². The topological polar surface area (TPSA) is 56.7 Å². The third-order valence-electron chi connectivity index (χ3n) is 3.41. The highest BCUT2D eigenvalue weighted by Crippen LogP contribution is 2.35. The van der Waals surface area contributed by atoms with Gasteiger partial charge in [0, 0.05) is 18.3 Å². The molecule has 0 radical (unpaired) electrons. The maximum atomic E-state index is 5.63. The van der Waals surface area contributed by atoms with Gasteiger partial charge in [-0.05, 0) is 25.7 Å². The lowest BCUT2D eigenvalue weighted by Crippen LogP contribution is -2.17. The summed E-state index contributed by atoms with van der Waals surface area (Å²) < 4.78 is 2.14. The Bertz CT molecular complexity index is 363. The van der Waals surface area contributed by atoms with E-state index in [1.54, 1.807) is 0 Å². The van der Waals surface area contributed by atoms with E-state index in [9.17, 15) is 0 Å². The zero-order chi connectivity index (χ0) is 12.3. The van der Waals surface area contributed by atoms with E-state index in [-0.39, 0.29) is 0 Å². The summed E-state index contributed by atoms with van der Waals surface area (Å²) in [4.78, 5) is 0. The Morgan fingerprint density at radius 3 is 2.94 bits per heavy atom. The molecule has 1 heterocycles. The molecular formula is C12H22N4S. The second-order valence-electron chi connectivity index (χ2n) is 4.98. The van der Waals surface area contributed by atoms with Crippen LogP contribution in [-0.4, -0.2) is 26.6 Å². The molecule has 0 aromatic carbocycles. The van der Waals surface area contributed by atoms with Gasteiger partial charge in [-0.2, -0.15) is 0 Å². The molecule has 1 aliphatic rings. The summed E-state index contributed by atoms with van der Waals surface area (Å²) in [6, 6.07) is 0. The van der Waals surface area contributed by atoms with Gasteiger partial charge in [-0.1, -0.05) is 31.5 Å². The molecule has 2 atom stereocenters. The van der Waals surface area contributed by atoms with Gasteiger partial charge in [0.2, 0.25) is 0 Å². The summed E-state index contributed by atoms with van der Waals surface area (Å²) in [6.07, 6.45) is 5.34. The molecule has 4 nitrogen and oxygen atoms in total. The van der Waals surface area contributed by atoms with Gasteiger partial charge < -0.3 is 10.3 Å². The molecule has 17 heavy (non-hydrogen) atoms. The maximum absolute atomic E-state index is 5.63. The van der Waals surface area contributed by atoms with Crippen LogP contribution in [0.15, 0.2) is 5.16 Å². The van der Waals surface area contributed by atoms with Crippen molar-refractivity contribution < 1.29 is 0 Å². The van der Waals surface area contributed by atoms with E-state index in [0.29, 0.717) is 11.8 Å². The van der Waals surface area contributed by atoms with Gasteiger partial charge in [-0.25, -0.2) is 0 Å². The van der Waals surface area contributed by atoms with E-state index < -0.39 is 0 Å². The highest BCUT2D eigenvalue weighted by molar-refractivity contribution is 7.99. The lowest BCUT2D eigenvalue weighted by molar-refractivity contribution is 0.393. The predicted molar refractivity (Wildman–Crippen MR) is 71.1 cm³/mol. The molecule has 0 spiro atoms. The average Bonchev–Trinajstić information content (AvgIpc) is 2.62. The third-order valence-corrected chi connectivity index (χ3v) is 4.69. The van der Waals surface area contributed by atoms with Crippen LogP contribution in [0, 0.1) is 12.8 Å². The van der Waals surface area contributed by atoms with E-state index in [2.05, 4.69) is 21.7 Å². The Morgan fingerprint density at radius 1 is 1.41 bits per heavy atom. The molecule has 5 heteroatoms. The van der Waals surface area contributed by atoms with Crippen molar-refractivity contribution in [1.29, 1.82) is 0 Å². The summed E-state index contributed by atoms with van der Waals surface area (Å²) in [6.45, 7) is 5.82. The summed E-state index contributed by atoms with van der Waals surface area (Å²) in [5, 5.41) is 10.2. The van der Waals surface area contributed by atoms with Crippen LogP contribution in [0.5, 0.6) is 0 Å². The smallest absolute Gasteiger partial charge is 0.191 e. The Balaban J connectivity index is 2.02. The Morgan fingerprint density at radius 2 is 2.24 bits per heavy atom. The van der Waals surface area contributed by atoms with Crippen LogP contribution in [-0.2, 0) is 6.54 Å². The van der Waals surface area contributed by atoms with E-state index in [4.69, 9.17) is 5.73 Å². The van der Waals surface area contributed by atoms with Gasteiger partial charge in [0.1, 0.15) is 5.82 Å². The minimum Gasteiger partial charge on any atom is -0.329 e. The number of aryl methyl sites for hydroxylation is 1. The number of nitrogens with two attached hydrogens (primary N) is 1. The lowest BCUT2D eigenvalue weighted by atomic mass is 9.91. The standard InChI is InChI=1S/C12H22N4S/c1-9-4-3-5-11(8-9)17-12-15-14-10(2)16(12)7-6-13/h9,11H,3-8,13H2,1-2H3. The first-order valence-corrected chi connectivity index (χ1v) is 7.35. The Hall–Kier alpha value is -0.550. The number of thioether (sulfide) groups is 1. The highest BCUT2D eigenvalue weighted by atomic mass is 32.2. The van der Waals surface area contributed by atoms with Gasteiger partial charge in [-0.3, -0.25) is 0 Å². The van der Waals surface area contributed by atoms with Gasteiger partial charge in [0.15, 0.2) is 5.16 Å². The molecule has 1 aromatic heterocycles. The van der Waals surface area contributed by atoms with Crippen molar-refractivity contribution in [3.63, 3.8) is 0 Å². The second-order valence-corrected chi connectivity index (χ2v) is 6.25. The van der Waals surface area contributed by atoms with Gasteiger partial charge in [-0.15, -0.1) is 10.2 Å². The second kappa shape index (κ2) is 5.87. The fourth-order valence-corrected chi connectivity index (χ4v) is 3.92. The minimum absolute atomic E-state index is 0.646. The zero-order valence-electron chi connectivity index (χ0n) is 10.7. The molecule has 2 rings (SSSR count). The fraction of sp³-hybridized carbons (Fsp3) is 0.833. The lowest BCUT2D eigenvalue weighted by Gasteiger charge is -2.25. The van der Waals surface area contributed by atoms with Gasteiger partial charge >= 0.3 is 0 Å². The first kappa shape index (κ1) is 12.9. The number of aromatic nitrogens is 3. The number of rotatable bonds is 4. The van der Waals surface area contributed by atoms with Crippen LogP contribution in [0.25, 0.3) is 0 Å². The van der Waals surface area contributed by atoms with Crippen molar-refractivity contribution in [2.24, 2.45) is 11.7 Å². The molecule has 0 bridgehead atoms. The molecule has 0 saturated heterocycles. The number of nitrogens with zero attached hydrogens (tertiary/aromatic N) is 3. The molecule has 1 fully saturated rings. The molecule has 1 saturated carbocycles. The first-order valence-electron chi connectivity index (χ1n) is 6.47. The molecule has 1 aliphatic carbocycles.